The van der Waals surface area contributed by atoms with E-state index in [0.717, 1.165) is 16.7 Å². The smallest absolute Gasteiger partial charge is 0.412 e. The van der Waals surface area contributed by atoms with Crippen LogP contribution in [0.2, 0.25) is 0 Å². The number of aryl methyl sites for hydroxylation is 2. The van der Waals surface area contributed by atoms with Crippen LogP contribution in [0.5, 0.6) is 0 Å². The van der Waals surface area contributed by atoms with Gasteiger partial charge >= 0.3 is 6.09 Å². The van der Waals surface area contributed by atoms with Crippen LogP contribution in [0.25, 0.3) is 11.1 Å². The number of nitro benzene ring substituents is 1. The molecule has 0 radical (unpaired) electrons. The van der Waals surface area contributed by atoms with Gasteiger partial charge in [-0.05, 0) is 69.5 Å². The average Bonchev–Trinajstić information content (AvgIpc) is 2.47. The van der Waals surface area contributed by atoms with E-state index in [9.17, 15) is 14.9 Å². The van der Waals surface area contributed by atoms with Crippen molar-refractivity contribution < 1.29 is 14.5 Å². The third-order valence-electron chi connectivity index (χ3n) is 3.52. The van der Waals surface area contributed by atoms with Crippen LogP contribution in [0.3, 0.4) is 0 Å². The van der Waals surface area contributed by atoms with E-state index < -0.39 is 11.7 Å². The highest BCUT2D eigenvalue weighted by molar-refractivity contribution is 5.87. The van der Waals surface area contributed by atoms with Gasteiger partial charge < -0.3 is 4.74 Å². The predicted octanol–water partition coefficient (Wildman–Crippen LogP) is 5.23. The molecule has 6 heteroatoms. The van der Waals surface area contributed by atoms with Gasteiger partial charge in [-0.25, -0.2) is 4.79 Å². The van der Waals surface area contributed by atoms with Crippen LogP contribution in [-0.4, -0.2) is 16.6 Å². The third kappa shape index (κ3) is 4.79. The van der Waals surface area contributed by atoms with E-state index in [1.54, 1.807) is 45.0 Å². The Kier molecular flexibility index (Phi) is 5.11. The Hall–Kier alpha value is -2.89. The largest absolute Gasteiger partial charge is 0.444 e. The topological polar surface area (TPSA) is 81.5 Å². The zero-order valence-electron chi connectivity index (χ0n) is 15.0. The number of nitrogens with one attached hydrogen (secondary N) is 1. The van der Waals surface area contributed by atoms with Gasteiger partial charge in [0.25, 0.3) is 5.69 Å². The number of nitro groups is 1. The van der Waals surface area contributed by atoms with E-state index in [1.165, 1.54) is 0 Å². The SMILES string of the molecule is Cc1ccc(-c2ccc(NC(=O)OC(C)(C)C)c(C)c2)c([N+](=O)[O-])c1. The molecule has 0 aliphatic carbocycles. The van der Waals surface area contributed by atoms with Crippen molar-refractivity contribution in [3.8, 4) is 11.1 Å². The first-order valence-electron chi connectivity index (χ1n) is 7.93. The minimum atomic E-state index is -0.583. The molecule has 0 aliphatic heterocycles. The summed E-state index contributed by atoms with van der Waals surface area (Å²) in [7, 11) is 0. The van der Waals surface area contributed by atoms with Gasteiger partial charge in [-0.3, -0.25) is 15.4 Å². The summed E-state index contributed by atoms with van der Waals surface area (Å²) in [6.07, 6.45) is -0.537. The van der Waals surface area contributed by atoms with Gasteiger partial charge in [-0.2, -0.15) is 0 Å². The lowest BCUT2D eigenvalue weighted by molar-refractivity contribution is -0.384. The monoisotopic (exact) mass is 342 g/mol. The van der Waals surface area contributed by atoms with Crippen molar-refractivity contribution in [1.29, 1.82) is 0 Å². The van der Waals surface area contributed by atoms with Crippen LogP contribution in [0.1, 0.15) is 31.9 Å². The lowest BCUT2D eigenvalue weighted by Crippen LogP contribution is -2.27. The molecule has 2 aromatic rings. The second kappa shape index (κ2) is 6.93. The first-order chi connectivity index (χ1) is 11.6. The van der Waals surface area contributed by atoms with Gasteiger partial charge in [0, 0.05) is 11.8 Å². The number of nitrogens with zero attached hydrogens (tertiary/aromatic N) is 1. The maximum absolute atomic E-state index is 11.9. The third-order valence-corrected chi connectivity index (χ3v) is 3.52. The Morgan fingerprint density at radius 1 is 1.12 bits per heavy atom. The lowest BCUT2D eigenvalue weighted by atomic mass is 9.99. The normalized spacial score (nSPS) is 11.1. The summed E-state index contributed by atoms with van der Waals surface area (Å²) in [4.78, 5) is 22.8. The van der Waals surface area contributed by atoms with Gasteiger partial charge in [0.15, 0.2) is 0 Å². The van der Waals surface area contributed by atoms with Crippen molar-refractivity contribution in [1.82, 2.24) is 0 Å². The van der Waals surface area contributed by atoms with Crippen LogP contribution in [0.15, 0.2) is 36.4 Å². The average molecular weight is 342 g/mol. The molecule has 0 aromatic heterocycles. The Morgan fingerprint density at radius 2 is 1.80 bits per heavy atom. The fourth-order valence-corrected chi connectivity index (χ4v) is 2.42. The van der Waals surface area contributed by atoms with Gasteiger partial charge in [-0.1, -0.05) is 12.1 Å². The van der Waals surface area contributed by atoms with E-state index in [0.29, 0.717) is 11.3 Å². The number of ether oxygens (including phenoxy) is 1. The molecule has 2 aromatic carbocycles. The maximum atomic E-state index is 11.9. The Bertz CT molecular complexity index is 823. The van der Waals surface area contributed by atoms with Crippen molar-refractivity contribution in [3.05, 3.63) is 57.6 Å². The van der Waals surface area contributed by atoms with Gasteiger partial charge in [-0.15, -0.1) is 0 Å². The molecule has 25 heavy (non-hydrogen) atoms. The van der Waals surface area contributed by atoms with E-state index in [-0.39, 0.29) is 10.6 Å². The van der Waals surface area contributed by atoms with Crippen molar-refractivity contribution in [2.24, 2.45) is 0 Å². The number of benzene rings is 2. The first-order valence-corrected chi connectivity index (χ1v) is 7.93. The van der Waals surface area contributed by atoms with E-state index in [2.05, 4.69) is 5.32 Å². The molecule has 6 nitrogen and oxygen atoms in total. The van der Waals surface area contributed by atoms with Crippen LogP contribution >= 0.6 is 0 Å². The Balaban J connectivity index is 2.32. The molecule has 0 saturated heterocycles. The van der Waals surface area contributed by atoms with E-state index in [4.69, 9.17) is 4.74 Å². The summed E-state index contributed by atoms with van der Waals surface area (Å²) in [5.74, 6) is 0. The molecule has 0 fully saturated rings. The summed E-state index contributed by atoms with van der Waals surface area (Å²) >= 11 is 0. The number of carbonyl (C=O) groups excluding carboxylic acids is 1. The van der Waals surface area contributed by atoms with Crippen LogP contribution < -0.4 is 5.32 Å². The quantitative estimate of drug-likeness (QED) is 0.612. The Morgan fingerprint density at radius 3 is 2.36 bits per heavy atom. The molecule has 1 N–H and O–H groups in total. The van der Waals surface area contributed by atoms with Crippen LogP contribution in [-0.2, 0) is 4.74 Å². The molecule has 1 amide bonds. The summed E-state index contributed by atoms with van der Waals surface area (Å²) in [6, 6.07) is 10.4. The number of amides is 1. The second-order valence-electron chi connectivity index (χ2n) is 6.93. The highest BCUT2D eigenvalue weighted by atomic mass is 16.6. The molecule has 0 heterocycles. The number of hydrogen-bond acceptors (Lipinski definition) is 4. The highest BCUT2D eigenvalue weighted by Gasteiger charge is 2.18. The highest BCUT2D eigenvalue weighted by Crippen LogP contribution is 2.32. The molecular weight excluding hydrogens is 320 g/mol. The van der Waals surface area contributed by atoms with Gasteiger partial charge in [0.05, 0.1) is 10.5 Å². The molecule has 0 saturated carbocycles. The molecular formula is C19H22N2O4. The van der Waals surface area contributed by atoms with E-state index in [1.807, 2.05) is 26.0 Å². The molecule has 0 unspecified atom stereocenters. The molecule has 0 atom stereocenters. The standard InChI is InChI=1S/C19H22N2O4/c1-12-6-8-15(17(10-12)21(23)24)14-7-9-16(13(2)11-14)20-18(22)25-19(3,4)5/h6-11H,1-5H3,(H,20,22). The molecule has 0 spiro atoms. The predicted molar refractivity (Wildman–Crippen MR) is 97.9 cm³/mol. The van der Waals surface area contributed by atoms with Gasteiger partial charge in [0.1, 0.15) is 5.60 Å². The Labute approximate surface area is 147 Å². The van der Waals surface area contributed by atoms with Crippen molar-refractivity contribution >= 4 is 17.5 Å². The van der Waals surface area contributed by atoms with Gasteiger partial charge in [0.2, 0.25) is 0 Å². The van der Waals surface area contributed by atoms with Crippen LogP contribution in [0.4, 0.5) is 16.2 Å². The van der Waals surface area contributed by atoms with Crippen molar-refractivity contribution in [3.63, 3.8) is 0 Å². The summed E-state index contributed by atoms with van der Waals surface area (Å²) < 4.78 is 5.24. The number of anilines is 1. The fraction of sp³-hybridized carbons (Fsp3) is 0.316. The first kappa shape index (κ1) is 18.4. The second-order valence-corrected chi connectivity index (χ2v) is 6.93. The van der Waals surface area contributed by atoms with Crippen molar-refractivity contribution in [2.75, 3.05) is 5.32 Å². The summed E-state index contributed by atoms with van der Waals surface area (Å²) in [5.41, 5.74) is 2.97. The summed E-state index contributed by atoms with van der Waals surface area (Å²) in [5, 5.41) is 14.0. The summed E-state index contributed by atoms with van der Waals surface area (Å²) in [6.45, 7) is 9.02. The van der Waals surface area contributed by atoms with Crippen LogP contribution in [0, 0.1) is 24.0 Å². The molecule has 0 aliphatic rings. The molecule has 2 rings (SSSR count). The maximum Gasteiger partial charge on any atom is 0.412 e. The zero-order chi connectivity index (χ0) is 18.8. The lowest BCUT2D eigenvalue weighted by Gasteiger charge is -2.20. The number of carbonyl (C=O) groups is 1. The fourth-order valence-electron chi connectivity index (χ4n) is 2.42. The minimum absolute atomic E-state index is 0.0623. The number of rotatable bonds is 3. The zero-order valence-corrected chi connectivity index (χ0v) is 15.0. The molecule has 0 bridgehead atoms. The molecule has 132 valence electrons. The van der Waals surface area contributed by atoms with E-state index >= 15 is 0 Å². The number of hydrogen-bond donors (Lipinski definition) is 1. The van der Waals surface area contributed by atoms with Crippen molar-refractivity contribution in [2.45, 2.75) is 40.2 Å². The minimum Gasteiger partial charge on any atom is -0.444 e.